The maximum absolute atomic E-state index is 13.2. The molecule has 2 amide bonds. The predicted octanol–water partition coefficient (Wildman–Crippen LogP) is 3.89. The van der Waals surface area contributed by atoms with Gasteiger partial charge >= 0.3 is 0 Å². The van der Waals surface area contributed by atoms with Crippen molar-refractivity contribution in [3.8, 4) is 11.3 Å². The molecule has 1 aliphatic rings. The maximum atomic E-state index is 13.2. The molecule has 1 aromatic carbocycles. The number of hydrogen-bond acceptors (Lipinski definition) is 5. The Morgan fingerprint density at radius 3 is 2.58 bits per heavy atom. The standard InChI is InChI=1S/C24H26N4O3/c1-2-13-28(24(30)21-16-22(31-26-21)19-9-6-12-25-17-19)20-10-14-27(15-11-20)23(29)18-7-4-3-5-8-18/h3-9,12,16-17,20H,2,10-11,13-15H2,1H3. The molecular formula is C24H26N4O3. The van der Waals surface area contributed by atoms with Gasteiger partial charge in [-0.25, -0.2) is 0 Å². The van der Waals surface area contributed by atoms with E-state index in [1.54, 1.807) is 18.5 Å². The number of likely N-dealkylation sites (tertiary alicyclic amines) is 1. The van der Waals surface area contributed by atoms with Crippen LogP contribution in [0.3, 0.4) is 0 Å². The summed E-state index contributed by atoms with van der Waals surface area (Å²) in [5.41, 5.74) is 1.78. The summed E-state index contributed by atoms with van der Waals surface area (Å²) in [7, 11) is 0. The molecule has 0 atom stereocenters. The van der Waals surface area contributed by atoms with E-state index in [2.05, 4.69) is 17.1 Å². The summed E-state index contributed by atoms with van der Waals surface area (Å²) in [4.78, 5) is 33.8. The number of amides is 2. The van der Waals surface area contributed by atoms with Gasteiger partial charge in [-0.3, -0.25) is 14.6 Å². The number of carbonyl (C=O) groups excluding carboxylic acids is 2. The van der Waals surface area contributed by atoms with Gasteiger partial charge in [0.25, 0.3) is 11.8 Å². The zero-order valence-electron chi connectivity index (χ0n) is 17.6. The van der Waals surface area contributed by atoms with E-state index in [1.807, 2.05) is 52.3 Å². The van der Waals surface area contributed by atoms with Crippen LogP contribution >= 0.6 is 0 Å². The number of carbonyl (C=O) groups is 2. The minimum Gasteiger partial charge on any atom is -0.355 e. The van der Waals surface area contributed by atoms with Crippen LogP contribution in [-0.2, 0) is 0 Å². The van der Waals surface area contributed by atoms with Crippen LogP contribution in [0.5, 0.6) is 0 Å². The lowest BCUT2D eigenvalue weighted by Crippen LogP contribution is -2.49. The van der Waals surface area contributed by atoms with E-state index >= 15 is 0 Å². The Kier molecular flexibility index (Phi) is 6.40. The molecular weight excluding hydrogens is 392 g/mol. The van der Waals surface area contributed by atoms with Gasteiger partial charge in [-0.1, -0.05) is 30.3 Å². The van der Waals surface area contributed by atoms with E-state index < -0.39 is 0 Å². The van der Waals surface area contributed by atoms with Crippen molar-refractivity contribution in [3.05, 3.63) is 72.2 Å². The van der Waals surface area contributed by atoms with Crippen LogP contribution in [0.1, 0.15) is 47.0 Å². The van der Waals surface area contributed by atoms with E-state index in [0.29, 0.717) is 36.7 Å². The Labute approximate surface area is 181 Å². The first kappa shape index (κ1) is 20.8. The van der Waals surface area contributed by atoms with Gasteiger partial charge in [-0.15, -0.1) is 0 Å². The molecule has 7 nitrogen and oxygen atoms in total. The molecule has 1 fully saturated rings. The second kappa shape index (κ2) is 9.55. The smallest absolute Gasteiger partial charge is 0.276 e. The third-order valence-corrected chi connectivity index (χ3v) is 5.61. The average Bonchev–Trinajstić information content (AvgIpc) is 3.33. The highest BCUT2D eigenvalue weighted by molar-refractivity contribution is 5.94. The Balaban J connectivity index is 1.43. The first-order chi connectivity index (χ1) is 15.2. The number of rotatable bonds is 6. The lowest BCUT2D eigenvalue weighted by molar-refractivity contribution is 0.0513. The van der Waals surface area contributed by atoms with Gasteiger partial charge in [0.15, 0.2) is 11.5 Å². The lowest BCUT2D eigenvalue weighted by atomic mass is 10.0. The second-order valence-electron chi connectivity index (χ2n) is 7.71. The fourth-order valence-corrected chi connectivity index (χ4v) is 4.00. The molecule has 0 bridgehead atoms. The minimum absolute atomic E-state index is 0.0463. The molecule has 4 rings (SSSR count). The van der Waals surface area contributed by atoms with E-state index in [9.17, 15) is 9.59 Å². The molecule has 0 radical (unpaired) electrons. The highest BCUT2D eigenvalue weighted by atomic mass is 16.5. The summed E-state index contributed by atoms with van der Waals surface area (Å²) in [6.07, 6.45) is 5.71. The molecule has 0 unspecified atom stereocenters. The topological polar surface area (TPSA) is 79.5 Å². The third-order valence-electron chi connectivity index (χ3n) is 5.61. The van der Waals surface area contributed by atoms with Crippen molar-refractivity contribution in [2.24, 2.45) is 0 Å². The Morgan fingerprint density at radius 1 is 1.13 bits per heavy atom. The van der Waals surface area contributed by atoms with Crippen LogP contribution in [0.2, 0.25) is 0 Å². The number of pyridine rings is 1. The number of nitrogens with zero attached hydrogens (tertiary/aromatic N) is 4. The molecule has 0 spiro atoms. The SMILES string of the molecule is CCCN(C(=O)c1cc(-c2cccnc2)on1)C1CCN(C(=O)c2ccccc2)CC1. The van der Waals surface area contributed by atoms with Crippen molar-refractivity contribution in [1.82, 2.24) is 19.9 Å². The van der Waals surface area contributed by atoms with Crippen LogP contribution in [0.25, 0.3) is 11.3 Å². The average molecular weight is 418 g/mol. The molecule has 3 aromatic rings. The zero-order valence-corrected chi connectivity index (χ0v) is 17.6. The number of piperidine rings is 1. The number of benzene rings is 1. The fourth-order valence-electron chi connectivity index (χ4n) is 4.00. The number of hydrogen-bond donors (Lipinski definition) is 0. The van der Waals surface area contributed by atoms with Gasteiger partial charge in [-0.2, -0.15) is 0 Å². The second-order valence-corrected chi connectivity index (χ2v) is 7.71. The molecule has 1 saturated heterocycles. The van der Waals surface area contributed by atoms with Gasteiger partial charge in [0, 0.05) is 55.3 Å². The van der Waals surface area contributed by atoms with Gasteiger partial charge in [0.05, 0.1) is 0 Å². The Bertz CT molecular complexity index is 1010. The van der Waals surface area contributed by atoms with Crippen LogP contribution in [0, 0.1) is 0 Å². The fraction of sp³-hybridized carbons (Fsp3) is 0.333. The highest BCUT2D eigenvalue weighted by Gasteiger charge is 2.31. The molecule has 31 heavy (non-hydrogen) atoms. The molecule has 7 heteroatoms. The molecule has 0 N–H and O–H groups in total. The van der Waals surface area contributed by atoms with Gasteiger partial charge < -0.3 is 14.3 Å². The van der Waals surface area contributed by atoms with E-state index in [1.165, 1.54) is 0 Å². The van der Waals surface area contributed by atoms with Crippen molar-refractivity contribution in [1.29, 1.82) is 0 Å². The quantitative estimate of drug-likeness (QED) is 0.607. The van der Waals surface area contributed by atoms with E-state index in [4.69, 9.17) is 4.52 Å². The van der Waals surface area contributed by atoms with Crippen LogP contribution < -0.4 is 0 Å². The molecule has 2 aromatic heterocycles. The summed E-state index contributed by atoms with van der Waals surface area (Å²) < 4.78 is 5.39. The van der Waals surface area contributed by atoms with Crippen molar-refractivity contribution >= 4 is 11.8 Å². The van der Waals surface area contributed by atoms with Crippen molar-refractivity contribution in [2.75, 3.05) is 19.6 Å². The summed E-state index contributed by atoms with van der Waals surface area (Å²) in [6.45, 7) is 3.96. The van der Waals surface area contributed by atoms with E-state index in [-0.39, 0.29) is 17.9 Å². The predicted molar refractivity (Wildman–Crippen MR) is 116 cm³/mol. The minimum atomic E-state index is -0.131. The summed E-state index contributed by atoms with van der Waals surface area (Å²) in [5.74, 6) is 0.440. The van der Waals surface area contributed by atoms with Crippen LogP contribution in [-0.4, -0.2) is 57.4 Å². The van der Waals surface area contributed by atoms with Crippen LogP contribution in [0.4, 0.5) is 0 Å². The molecule has 3 heterocycles. The largest absolute Gasteiger partial charge is 0.355 e. The first-order valence-electron chi connectivity index (χ1n) is 10.7. The molecule has 1 aliphatic heterocycles. The monoisotopic (exact) mass is 418 g/mol. The Morgan fingerprint density at radius 2 is 1.90 bits per heavy atom. The summed E-state index contributed by atoms with van der Waals surface area (Å²) >= 11 is 0. The third kappa shape index (κ3) is 4.66. The van der Waals surface area contributed by atoms with Crippen LogP contribution in [0.15, 0.2) is 65.4 Å². The van der Waals surface area contributed by atoms with Crippen molar-refractivity contribution in [2.45, 2.75) is 32.2 Å². The van der Waals surface area contributed by atoms with Gasteiger partial charge in [0.2, 0.25) is 0 Å². The maximum Gasteiger partial charge on any atom is 0.276 e. The lowest BCUT2D eigenvalue weighted by Gasteiger charge is -2.38. The molecule has 160 valence electrons. The number of aromatic nitrogens is 2. The van der Waals surface area contributed by atoms with Crippen molar-refractivity contribution in [3.63, 3.8) is 0 Å². The summed E-state index contributed by atoms with van der Waals surface area (Å²) in [5, 5.41) is 4.01. The highest BCUT2D eigenvalue weighted by Crippen LogP contribution is 2.23. The van der Waals surface area contributed by atoms with Gasteiger partial charge in [-0.05, 0) is 43.5 Å². The zero-order chi connectivity index (χ0) is 21.6. The first-order valence-corrected chi connectivity index (χ1v) is 10.7. The molecule has 0 aliphatic carbocycles. The Hall–Kier alpha value is -3.48. The van der Waals surface area contributed by atoms with Gasteiger partial charge in [0.1, 0.15) is 0 Å². The molecule has 0 saturated carbocycles. The normalized spacial score (nSPS) is 14.4. The van der Waals surface area contributed by atoms with Crippen molar-refractivity contribution < 1.29 is 14.1 Å². The van der Waals surface area contributed by atoms with E-state index in [0.717, 1.165) is 24.8 Å². The summed E-state index contributed by atoms with van der Waals surface area (Å²) in [6, 6.07) is 14.8.